The van der Waals surface area contributed by atoms with E-state index in [1.807, 2.05) is 0 Å². The van der Waals surface area contributed by atoms with E-state index in [0.29, 0.717) is 32.5 Å². The van der Waals surface area contributed by atoms with Crippen molar-refractivity contribution in [3.63, 3.8) is 0 Å². The van der Waals surface area contributed by atoms with Gasteiger partial charge >= 0.3 is 0 Å². The molecule has 2 rings (SSSR count). The Morgan fingerprint density at radius 2 is 1.79 bits per heavy atom. The number of nitrogens with zero attached hydrogens (tertiary/aromatic N) is 2. The van der Waals surface area contributed by atoms with E-state index in [2.05, 4.69) is 5.32 Å². The van der Waals surface area contributed by atoms with Gasteiger partial charge in [-0.15, -0.1) is 0 Å². The minimum atomic E-state index is -3.82. The highest BCUT2D eigenvalue weighted by Crippen LogP contribution is 2.25. The van der Waals surface area contributed by atoms with Gasteiger partial charge in [0.15, 0.2) is 0 Å². The molecular formula is C17H27N3O6S2. The van der Waals surface area contributed by atoms with Crippen molar-refractivity contribution in [1.29, 1.82) is 0 Å². The fourth-order valence-corrected chi connectivity index (χ4v) is 5.36. The zero-order chi connectivity index (χ0) is 20.9. The van der Waals surface area contributed by atoms with Crippen molar-refractivity contribution in [2.24, 2.45) is 5.92 Å². The predicted molar refractivity (Wildman–Crippen MR) is 104 cm³/mol. The van der Waals surface area contributed by atoms with Crippen LogP contribution in [0.15, 0.2) is 34.1 Å². The first kappa shape index (κ1) is 22.8. The van der Waals surface area contributed by atoms with Gasteiger partial charge < -0.3 is 10.1 Å². The van der Waals surface area contributed by atoms with Gasteiger partial charge in [0.1, 0.15) is 0 Å². The fraction of sp³-hybridized carbons (Fsp3) is 0.588. The maximum atomic E-state index is 12.9. The van der Waals surface area contributed by atoms with Crippen LogP contribution < -0.4 is 5.32 Å². The molecule has 0 radical (unpaired) electrons. The Kier molecular flexibility index (Phi) is 7.57. The first-order valence-electron chi connectivity index (χ1n) is 8.90. The van der Waals surface area contributed by atoms with Crippen LogP contribution in [0.4, 0.5) is 0 Å². The number of hydrogen-bond donors (Lipinski definition) is 1. The van der Waals surface area contributed by atoms with E-state index in [9.17, 15) is 21.6 Å². The van der Waals surface area contributed by atoms with Gasteiger partial charge in [-0.1, -0.05) is 0 Å². The minimum Gasteiger partial charge on any atom is -0.383 e. The minimum absolute atomic E-state index is 0.00523. The molecular weight excluding hydrogens is 406 g/mol. The molecule has 1 N–H and O–H groups in total. The summed E-state index contributed by atoms with van der Waals surface area (Å²) in [7, 11) is -3.09. The van der Waals surface area contributed by atoms with Crippen molar-refractivity contribution < 1.29 is 26.4 Å². The maximum absolute atomic E-state index is 12.9. The summed E-state index contributed by atoms with van der Waals surface area (Å²) in [5.74, 6) is -0.613. The average Bonchev–Trinajstić information content (AvgIpc) is 2.68. The topological polar surface area (TPSA) is 113 Å². The fourth-order valence-electron chi connectivity index (χ4n) is 2.94. The molecule has 0 saturated carbocycles. The Bertz CT molecular complexity index is 882. The van der Waals surface area contributed by atoms with Gasteiger partial charge in [-0.2, -0.15) is 4.31 Å². The molecule has 1 heterocycles. The molecule has 1 aromatic rings. The number of carbonyl (C=O) groups excluding carboxylic acids is 1. The van der Waals surface area contributed by atoms with Crippen LogP contribution in [0.2, 0.25) is 0 Å². The third-order valence-corrected chi connectivity index (χ3v) is 8.31. The number of methoxy groups -OCH3 is 1. The smallest absolute Gasteiger partial charge is 0.243 e. The van der Waals surface area contributed by atoms with Crippen molar-refractivity contribution >= 4 is 26.0 Å². The molecule has 1 aliphatic heterocycles. The standard InChI is InChI=1S/C17H27N3O6S2/c1-19(2)27(22,23)15-6-8-16(9-7-15)28(24,25)20-11-4-5-14(13-20)17(21)18-10-12-26-3/h6-9,14H,4-5,10-13H2,1-3H3,(H,18,21). The molecule has 28 heavy (non-hydrogen) atoms. The molecule has 1 aliphatic rings. The van der Waals surface area contributed by atoms with Crippen molar-refractivity contribution in [2.75, 3.05) is 47.4 Å². The van der Waals surface area contributed by atoms with E-state index in [4.69, 9.17) is 4.74 Å². The highest BCUT2D eigenvalue weighted by Gasteiger charge is 2.33. The molecule has 1 amide bonds. The molecule has 0 spiro atoms. The largest absolute Gasteiger partial charge is 0.383 e. The Hall–Kier alpha value is -1.53. The lowest BCUT2D eigenvalue weighted by atomic mass is 9.99. The van der Waals surface area contributed by atoms with Gasteiger partial charge in [-0.3, -0.25) is 4.79 Å². The van der Waals surface area contributed by atoms with Gasteiger partial charge in [0.25, 0.3) is 0 Å². The summed E-state index contributed by atoms with van der Waals surface area (Å²) in [5, 5.41) is 2.74. The number of sulfonamides is 2. The second-order valence-corrected chi connectivity index (χ2v) is 10.8. The van der Waals surface area contributed by atoms with Crippen molar-refractivity contribution in [3.05, 3.63) is 24.3 Å². The first-order chi connectivity index (χ1) is 13.1. The summed E-state index contributed by atoms with van der Waals surface area (Å²) in [6.45, 7) is 1.18. The summed E-state index contributed by atoms with van der Waals surface area (Å²) in [6.07, 6.45) is 1.19. The molecule has 11 heteroatoms. The number of rotatable bonds is 8. The molecule has 1 unspecified atom stereocenters. The van der Waals surface area contributed by atoms with Crippen LogP contribution in [0, 0.1) is 5.92 Å². The quantitative estimate of drug-likeness (QED) is 0.582. The lowest BCUT2D eigenvalue weighted by Gasteiger charge is -2.31. The van der Waals surface area contributed by atoms with Gasteiger partial charge in [-0.25, -0.2) is 21.1 Å². The number of hydrogen-bond acceptors (Lipinski definition) is 6. The molecule has 1 atom stereocenters. The normalized spacial score (nSPS) is 18.9. The number of nitrogens with one attached hydrogen (secondary N) is 1. The highest BCUT2D eigenvalue weighted by atomic mass is 32.2. The first-order valence-corrected chi connectivity index (χ1v) is 11.8. The summed E-state index contributed by atoms with van der Waals surface area (Å²) in [6, 6.07) is 5.13. The molecule has 158 valence electrons. The molecule has 0 aromatic heterocycles. The summed E-state index contributed by atoms with van der Waals surface area (Å²) < 4.78 is 57.4. The third-order valence-electron chi connectivity index (χ3n) is 4.60. The van der Waals surface area contributed by atoms with E-state index >= 15 is 0 Å². The highest BCUT2D eigenvalue weighted by molar-refractivity contribution is 7.89. The molecule has 0 bridgehead atoms. The van der Waals surface area contributed by atoms with Crippen molar-refractivity contribution in [1.82, 2.24) is 13.9 Å². The second kappa shape index (κ2) is 9.31. The number of carbonyl (C=O) groups is 1. The maximum Gasteiger partial charge on any atom is 0.243 e. The van der Waals surface area contributed by atoms with Gasteiger partial charge in [0.05, 0.1) is 22.3 Å². The van der Waals surface area contributed by atoms with Crippen LogP contribution in [0.3, 0.4) is 0 Å². The number of benzene rings is 1. The van der Waals surface area contributed by atoms with E-state index in [1.54, 1.807) is 0 Å². The summed E-state index contributed by atoms with van der Waals surface area (Å²) in [4.78, 5) is 12.3. The summed E-state index contributed by atoms with van der Waals surface area (Å²) >= 11 is 0. The van der Waals surface area contributed by atoms with Gasteiger partial charge in [0, 0.05) is 40.8 Å². The van der Waals surface area contributed by atoms with E-state index in [0.717, 1.165) is 4.31 Å². The van der Waals surface area contributed by atoms with Gasteiger partial charge in [0.2, 0.25) is 26.0 Å². The predicted octanol–water partition coefficient (Wildman–Crippen LogP) is 0.100. The van der Waals surface area contributed by atoms with E-state index < -0.39 is 26.0 Å². The Balaban J connectivity index is 2.14. The van der Waals surface area contributed by atoms with Crippen LogP contribution in [0.25, 0.3) is 0 Å². The monoisotopic (exact) mass is 433 g/mol. The Morgan fingerprint density at radius 1 is 1.18 bits per heavy atom. The zero-order valence-corrected chi connectivity index (χ0v) is 17.9. The van der Waals surface area contributed by atoms with E-state index in [1.165, 1.54) is 49.8 Å². The molecule has 0 aliphatic carbocycles. The number of piperidine rings is 1. The van der Waals surface area contributed by atoms with Crippen LogP contribution in [0.1, 0.15) is 12.8 Å². The molecule has 9 nitrogen and oxygen atoms in total. The van der Waals surface area contributed by atoms with Gasteiger partial charge in [-0.05, 0) is 37.1 Å². The number of ether oxygens (including phenoxy) is 1. The molecule has 1 aromatic carbocycles. The summed E-state index contributed by atoms with van der Waals surface area (Å²) in [5.41, 5.74) is 0. The van der Waals surface area contributed by atoms with Crippen molar-refractivity contribution in [3.8, 4) is 0 Å². The van der Waals surface area contributed by atoms with Crippen LogP contribution >= 0.6 is 0 Å². The SMILES string of the molecule is COCCNC(=O)C1CCCN(S(=O)(=O)c2ccc(S(=O)(=O)N(C)C)cc2)C1. The second-order valence-electron chi connectivity index (χ2n) is 6.74. The van der Waals surface area contributed by atoms with Crippen LogP contribution in [-0.4, -0.2) is 78.8 Å². The molecule has 1 fully saturated rings. The van der Waals surface area contributed by atoms with Crippen molar-refractivity contribution in [2.45, 2.75) is 22.6 Å². The van der Waals surface area contributed by atoms with Crippen LogP contribution in [0.5, 0.6) is 0 Å². The lowest BCUT2D eigenvalue weighted by molar-refractivity contribution is -0.126. The number of amides is 1. The van der Waals surface area contributed by atoms with Crippen LogP contribution in [-0.2, 0) is 29.6 Å². The lowest BCUT2D eigenvalue weighted by Crippen LogP contribution is -2.45. The van der Waals surface area contributed by atoms with E-state index in [-0.39, 0.29) is 22.2 Å². The third kappa shape index (κ3) is 5.09. The Morgan fingerprint density at radius 3 is 2.36 bits per heavy atom. The Labute approximate surface area is 166 Å². The zero-order valence-electron chi connectivity index (χ0n) is 16.3. The molecule has 1 saturated heterocycles. The average molecular weight is 434 g/mol.